The number of Topliss-reactive ketones (excluding diaryl/α,β-unsaturated/α-hetero) is 2. The van der Waals surface area contributed by atoms with E-state index in [-0.39, 0.29) is 12.8 Å². The van der Waals surface area contributed by atoms with E-state index in [2.05, 4.69) is 0 Å². The number of ketones is 2. The van der Waals surface area contributed by atoms with Crippen molar-refractivity contribution in [2.75, 3.05) is 0 Å². The van der Waals surface area contributed by atoms with Crippen molar-refractivity contribution in [1.29, 1.82) is 0 Å². The molecule has 0 N–H and O–H groups in total. The van der Waals surface area contributed by atoms with Gasteiger partial charge in [0.25, 0.3) is 0 Å². The van der Waals surface area contributed by atoms with Crippen LogP contribution in [0.3, 0.4) is 0 Å². The van der Waals surface area contributed by atoms with Crippen LogP contribution in [0.25, 0.3) is 0 Å². The third-order valence-electron chi connectivity index (χ3n) is 2.23. The molecule has 1 aliphatic rings. The summed E-state index contributed by atoms with van der Waals surface area (Å²) in [7, 11) is 0. The lowest BCUT2D eigenvalue weighted by Gasteiger charge is -2.31. The highest BCUT2D eigenvalue weighted by molar-refractivity contribution is 6.12. The normalized spacial score (nSPS) is 27.3. The summed E-state index contributed by atoms with van der Waals surface area (Å²) < 4.78 is 25.6. The van der Waals surface area contributed by atoms with Gasteiger partial charge in [0.2, 0.25) is 11.6 Å². The van der Waals surface area contributed by atoms with Crippen LogP contribution in [0.5, 0.6) is 0 Å². The van der Waals surface area contributed by atoms with Crippen molar-refractivity contribution in [3.05, 3.63) is 0 Å². The van der Waals surface area contributed by atoms with Crippen LogP contribution in [0.15, 0.2) is 0 Å². The number of hydrogen-bond donors (Lipinski definition) is 0. The molecule has 1 rings (SSSR count). The van der Waals surface area contributed by atoms with Crippen molar-refractivity contribution in [1.82, 2.24) is 0 Å². The maximum Gasteiger partial charge on any atom is 0.362 e. The zero-order chi connectivity index (χ0) is 9.57. The Labute approximate surface area is 68.9 Å². The molecule has 0 atom stereocenters. The van der Waals surface area contributed by atoms with E-state index in [1.165, 1.54) is 13.8 Å². The predicted molar refractivity (Wildman–Crippen MR) is 38.0 cm³/mol. The van der Waals surface area contributed by atoms with Crippen LogP contribution in [0.2, 0.25) is 0 Å². The maximum absolute atomic E-state index is 12.8. The predicted octanol–water partition coefficient (Wildman–Crippen LogP) is 1.58. The highest BCUT2D eigenvalue weighted by atomic mass is 19.3. The average Bonchev–Trinajstić information content (AvgIpc) is 1.96. The summed E-state index contributed by atoms with van der Waals surface area (Å²) in [4.78, 5) is 21.7. The fourth-order valence-corrected chi connectivity index (χ4v) is 1.25. The Morgan fingerprint density at radius 2 is 1.75 bits per heavy atom. The zero-order valence-corrected chi connectivity index (χ0v) is 6.99. The smallest absolute Gasteiger partial charge is 0.292 e. The average molecular weight is 176 g/mol. The van der Waals surface area contributed by atoms with Crippen molar-refractivity contribution in [3.8, 4) is 0 Å². The van der Waals surface area contributed by atoms with Crippen molar-refractivity contribution < 1.29 is 18.4 Å². The van der Waals surface area contributed by atoms with Gasteiger partial charge in [-0.25, -0.2) is 0 Å². The summed E-state index contributed by atoms with van der Waals surface area (Å²) in [5.74, 6) is -6.24. The van der Waals surface area contributed by atoms with E-state index in [1.54, 1.807) is 0 Å². The molecular formula is C8H10F2O2. The van der Waals surface area contributed by atoms with Gasteiger partial charge in [0, 0.05) is 11.8 Å². The van der Waals surface area contributed by atoms with Gasteiger partial charge in [-0.2, -0.15) is 8.78 Å². The van der Waals surface area contributed by atoms with Gasteiger partial charge in [0.15, 0.2) is 0 Å². The first-order valence-electron chi connectivity index (χ1n) is 3.74. The topological polar surface area (TPSA) is 34.1 Å². The second-order valence-electron chi connectivity index (χ2n) is 3.71. The fraction of sp³-hybridized carbons (Fsp3) is 0.750. The first kappa shape index (κ1) is 9.29. The van der Waals surface area contributed by atoms with Crippen LogP contribution in [0, 0.1) is 5.41 Å². The van der Waals surface area contributed by atoms with Crippen molar-refractivity contribution in [2.45, 2.75) is 32.6 Å². The van der Waals surface area contributed by atoms with Crippen molar-refractivity contribution in [2.24, 2.45) is 5.41 Å². The Morgan fingerprint density at radius 1 is 1.25 bits per heavy atom. The Balaban J connectivity index is 3.02. The molecule has 1 saturated carbocycles. The molecule has 0 radical (unpaired) electrons. The minimum atomic E-state index is -3.75. The molecule has 0 heterocycles. The third-order valence-corrected chi connectivity index (χ3v) is 2.23. The minimum absolute atomic E-state index is 0.203. The molecule has 0 saturated heterocycles. The monoisotopic (exact) mass is 176 g/mol. The number of carbonyl (C=O) groups excluding carboxylic acids is 2. The lowest BCUT2D eigenvalue weighted by Crippen LogP contribution is -2.50. The van der Waals surface area contributed by atoms with Gasteiger partial charge in [-0.15, -0.1) is 0 Å². The number of hydrogen-bond acceptors (Lipinski definition) is 2. The van der Waals surface area contributed by atoms with E-state index >= 15 is 0 Å². The summed E-state index contributed by atoms with van der Waals surface area (Å²) in [5, 5.41) is 0. The quantitative estimate of drug-likeness (QED) is 0.525. The highest BCUT2D eigenvalue weighted by Gasteiger charge is 2.55. The molecular weight excluding hydrogens is 166 g/mol. The van der Waals surface area contributed by atoms with E-state index in [1.807, 2.05) is 0 Å². The summed E-state index contributed by atoms with van der Waals surface area (Å²) >= 11 is 0. The Morgan fingerprint density at radius 3 is 2.17 bits per heavy atom. The van der Waals surface area contributed by atoms with Gasteiger partial charge in [0.05, 0.1) is 0 Å². The molecule has 0 bridgehead atoms. The first-order valence-corrected chi connectivity index (χ1v) is 3.74. The van der Waals surface area contributed by atoms with Gasteiger partial charge < -0.3 is 0 Å². The molecule has 0 amide bonds. The van der Waals surface area contributed by atoms with Crippen LogP contribution in [-0.2, 0) is 9.59 Å². The molecule has 4 heteroatoms. The maximum atomic E-state index is 12.8. The number of carbonyl (C=O) groups is 2. The molecule has 0 aromatic heterocycles. The van der Waals surface area contributed by atoms with Gasteiger partial charge in [-0.1, -0.05) is 13.8 Å². The van der Waals surface area contributed by atoms with Crippen LogP contribution in [-0.4, -0.2) is 17.5 Å². The second-order valence-corrected chi connectivity index (χ2v) is 3.71. The van der Waals surface area contributed by atoms with Crippen LogP contribution < -0.4 is 0 Å². The van der Waals surface area contributed by atoms with Gasteiger partial charge in [0.1, 0.15) is 0 Å². The largest absolute Gasteiger partial charge is 0.362 e. The summed E-state index contributed by atoms with van der Waals surface area (Å²) in [6, 6.07) is 0. The first-order chi connectivity index (χ1) is 5.28. The van der Waals surface area contributed by atoms with Crippen LogP contribution in [0.4, 0.5) is 8.78 Å². The highest BCUT2D eigenvalue weighted by Crippen LogP contribution is 2.38. The Kier molecular flexibility index (Phi) is 1.81. The number of alkyl halides is 2. The minimum Gasteiger partial charge on any atom is -0.292 e. The van der Waals surface area contributed by atoms with Crippen LogP contribution in [0.1, 0.15) is 26.7 Å². The molecule has 0 aliphatic heterocycles. The van der Waals surface area contributed by atoms with E-state index in [4.69, 9.17) is 0 Å². The summed E-state index contributed by atoms with van der Waals surface area (Å²) in [6.45, 7) is 2.88. The van der Waals surface area contributed by atoms with E-state index in [0.717, 1.165) is 0 Å². The molecule has 1 fully saturated rings. The van der Waals surface area contributed by atoms with Gasteiger partial charge >= 0.3 is 5.92 Å². The summed E-state index contributed by atoms with van der Waals surface area (Å²) in [5.41, 5.74) is -1.06. The molecule has 12 heavy (non-hydrogen) atoms. The SMILES string of the molecule is CC1(C)CCC(=O)C(F)(F)C1=O. The van der Waals surface area contributed by atoms with E-state index < -0.39 is 22.9 Å². The molecule has 68 valence electrons. The summed E-state index contributed by atoms with van der Waals surface area (Å²) in [6.07, 6.45) is 0.0198. The Hall–Kier alpha value is -0.800. The van der Waals surface area contributed by atoms with E-state index in [0.29, 0.717) is 0 Å². The molecule has 0 aromatic carbocycles. The van der Waals surface area contributed by atoms with Crippen molar-refractivity contribution in [3.63, 3.8) is 0 Å². The lowest BCUT2D eigenvalue weighted by atomic mass is 9.74. The number of rotatable bonds is 0. The number of halogens is 2. The molecule has 0 unspecified atom stereocenters. The van der Waals surface area contributed by atoms with Crippen LogP contribution >= 0.6 is 0 Å². The lowest BCUT2D eigenvalue weighted by molar-refractivity contribution is -0.168. The molecule has 0 spiro atoms. The van der Waals surface area contributed by atoms with Crippen molar-refractivity contribution >= 4 is 11.6 Å². The van der Waals surface area contributed by atoms with Gasteiger partial charge in [-0.3, -0.25) is 9.59 Å². The Bertz CT molecular complexity index is 243. The second kappa shape index (κ2) is 2.34. The molecule has 1 aliphatic carbocycles. The van der Waals surface area contributed by atoms with Gasteiger partial charge in [-0.05, 0) is 6.42 Å². The zero-order valence-electron chi connectivity index (χ0n) is 6.99. The third kappa shape index (κ3) is 1.15. The molecule has 0 aromatic rings. The standard InChI is InChI=1S/C8H10F2O2/c1-7(2)4-3-5(11)8(9,10)6(7)12/h3-4H2,1-2H3. The van der Waals surface area contributed by atoms with E-state index in [9.17, 15) is 18.4 Å². The fourth-order valence-electron chi connectivity index (χ4n) is 1.25. The molecule has 2 nitrogen and oxygen atoms in total.